The van der Waals surface area contributed by atoms with E-state index < -0.39 is 0 Å². The summed E-state index contributed by atoms with van der Waals surface area (Å²) in [6, 6.07) is 16.1. The second-order valence-electron chi connectivity index (χ2n) is 7.21. The number of nitrogens with one attached hydrogen (secondary N) is 1. The molecule has 2 heterocycles. The highest BCUT2D eigenvalue weighted by molar-refractivity contribution is 5.98. The van der Waals surface area contributed by atoms with Gasteiger partial charge in [-0.3, -0.25) is 4.79 Å². The summed E-state index contributed by atoms with van der Waals surface area (Å²) in [7, 11) is 1.71. The summed E-state index contributed by atoms with van der Waals surface area (Å²) >= 11 is 0. The molecule has 3 aromatic rings. The number of fused-ring (bicyclic) bond motifs is 1. The van der Waals surface area contributed by atoms with Crippen LogP contribution in [0.4, 0.5) is 5.69 Å². The molecule has 29 heavy (non-hydrogen) atoms. The fraction of sp³-hybridized carbons (Fsp3) is 0.250. The number of anilines is 1. The first-order valence-corrected chi connectivity index (χ1v) is 10.0. The zero-order chi connectivity index (χ0) is 20.2. The van der Waals surface area contributed by atoms with Crippen molar-refractivity contribution in [1.29, 1.82) is 0 Å². The van der Waals surface area contributed by atoms with Crippen LogP contribution in [-0.4, -0.2) is 17.6 Å². The lowest BCUT2D eigenvalue weighted by Crippen LogP contribution is -2.38. The van der Waals surface area contributed by atoms with Gasteiger partial charge in [0.15, 0.2) is 17.1 Å². The van der Waals surface area contributed by atoms with Gasteiger partial charge in [0.1, 0.15) is 6.20 Å². The van der Waals surface area contributed by atoms with E-state index in [9.17, 15) is 4.79 Å². The Bertz CT molecular complexity index is 1030. The van der Waals surface area contributed by atoms with Crippen molar-refractivity contribution in [3.63, 3.8) is 0 Å². The third-order valence-electron chi connectivity index (χ3n) is 5.39. The monoisotopic (exact) mass is 388 g/mol. The van der Waals surface area contributed by atoms with Crippen molar-refractivity contribution in [3.8, 4) is 22.7 Å². The van der Waals surface area contributed by atoms with Crippen LogP contribution in [0.1, 0.15) is 25.1 Å². The molecule has 0 spiro atoms. The summed E-state index contributed by atoms with van der Waals surface area (Å²) in [6.45, 7) is 4.50. The maximum atomic E-state index is 11.5. The number of amides is 1. The molecule has 1 aromatic heterocycles. The zero-order valence-corrected chi connectivity index (χ0v) is 16.7. The Kier molecular flexibility index (Phi) is 5.47. The predicted octanol–water partition coefficient (Wildman–Crippen LogP) is 4.29. The average Bonchev–Trinajstić information content (AvgIpc) is 2.94. The first-order chi connectivity index (χ1) is 14.2. The van der Waals surface area contributed by atoms with Crippen LogP contribution in [0.3, 0.4) is 0 Å². The van der Waals surface area contributed by atoms with Crippen molar-refractivity contribution in [2.45, 2.75) is 32.2 Å². The number of carbonyl (C=O) groups is 1. The summed E-state index contributed by atoms with van der Waals surface area (Å²) in [5.41, 5.74) is 4.12. The van der Waals surface area contributed by atoms with E-state index in [1.807, 2.05) is 30.3 Å². The largest absolute Gasteiger partial charge is 0.492 e. The van der Waals surface area contributed by atoms with Crippen molar-refractivity contribution in [3.05, 3.63) is 73.2 Å². The summed E-state index contributed by atoms with van der Waals surface area (Å²) in [6.07, 6.45) is 8.11. The molecule has 0 atom stereocenters. The molecule has 4 rings (SSSR count). The molecule has 1 amide bonds. The van der Waals surface area contributed by atoms with Gasteiger partial charge in [-0.15, -0.1) is 0 Å². The van der Waals surface area contributed by atoms with Crippen molar-refractivity contribution in [1.82, 2.24) is 4.57 Å². The molecule has 0 saturated heterocycles. The number of imidazole rings is 1. The van der Waals surface area contributed by atoms with Crippen molar-refractivity contribution in [2.75, 3.05) is 12.4 Å². The lowest BCUT2D eigenvalue weighted by Gasteiger charge is -2.06. The second-order valence-corrected chi connectivity index (χ2v) is 7.21. The minimum atomic E-state index is -0.205. The SMILES string of the molecule is C=CC(=O)Nc1ccc(-c2cn(-c3ccccc3OC)c3[n+]2CCCCC3)cc1. The standard InChI is InChI=1S/C24H25N3O2/c1-3-23(28)25-19-14-12-18(13-15-19)21-17-27(20-9-6-7-10-22(20)29-2)24-11-5-4-8-16-26(21)24/h3,6-7,9-10,12-15,17H,1,4-5,8,11,16H2,2H3/p+1. The Labute approximate surface area is 171 Å². The average molecular weight is 388 g/mol. The number of methoxy groups -OCH3 is 1. The molecule has 0 unspecified atom stereocenters. The van der Waals surface area contributed by atoms with Crippen LogP contribution in [0.25, 0.3) is 16.9 Å². The molecule has 2 aromatic carbocycles. The first-order valence-electron chi connectivity index (χ1n) is 10.0. The third-order valence-corrected chi connectivity index (χ3v) is 5.39. The number of para-hydroxylation sites is 2. The highest BCUT2D eigenvalue weighted by Gasteiger charge is 2.28. The van der Waals surface area contributed by atoms with Gasteiger partial charge in [-0.05, 0) is 61.7 Å². The molecule has 5 nitrogen and oxygen atoms in total. The smallest absolute Gasteiger partial charge is 0.262 e. The predicted molar refractivity (Wildman–Crippen MR) is 114 cm³/mol. The zero-order valence-electron chi connectivity index (χ0n) is 16.7. The number of nitrogens with zero attached hydrogens (tertiary/aromatic N) is 2. The molecule has 0 saturated carbocycles. The van der Waals surface area contributed by atoms with Gasteiger partial charge in [-0.1, -0.05) is 18.7 Å². The van der Waals surface area contributed by atoms with Gasteiger partial charge in [-0.25, -0.2) is 4.57 Å². The van der Waals surface area contributed by atoms with Crippen LogP contribution in [-0.2, 0) is 17.8 Å². The van der Waals surface area contributed by atoms with Crippen LogP contribution in [0.2, 0.25) is 0 Å². The number of carbonyl (C=O) groups excluding carboxylic acids is 1. The first kappa shape index (κ1) is 19.0. The van der Waals surface area contributed by atoms with E-state index in [-0.39, 0.29) is 5.91 Å². The van der Waals surface area contributed by atoms with Gasteiger partial charge < -0.3 is 10.1 Å². The van der Waals surface area contributed by atoms with E-state index in [1.165, 1.54) is 36.9 Å². The van der Waals surface area contributed by atoms with Crippen molar-refractivity contribution < 1.29 is 14.1 Å². The normalized spacial score (nSPS) is 13.3. The van der Waals surface area contributed by atoms with Crippen molar-refractivity contribution in [2.24, 2.45) is 0 Å². The third kappa shape index (κ3) is 3.81. The number of aromatic nitrogens is 2. The lowest BCUT2D eigenvalue weighted by molar-refractivity contribution is -0.692. The van der Waals surface area contributed by atoms with Crippen molar-refractivity contribution >= 4 is 11.6 Å². The fourth-order valence-corrected chi connectivity index (χ4v) is 3.96. The molecular formula is C24H26N3O2+. The van der Waals surface area contributed by atoms with Gasteiger partial charge in [0, 0.05) is 17.7 Å². The Balaban J connectivity index is 1.79. The molecule has 0 radical (unpaired) electrons. The summed E-state index contributed by atoms with van der Waals surface area (Å²) < 4.78 is 10.3. The van der Waals surface area contributed by atoms with Gasteiger partial charge in [0.25, 0.3) is 5.82 Å². The van der Waals surface area contributed by atoms with Gasteiger partial charge in [0.05, 0.1) is 13.7 Å². The highest BCUT2D eigenvalue weighted by Crippen LogP contribution is 2.28. The van der Waals surface area contributed by atoms with E-state index in [1.54, 1.807) is 7.11 Å². The molecule has 0 bridgehead atoms. The fourth-order valence-electron chi connectivity index (χ4n) is 3.96. The molecular weight excluding hydrogens is 362 g/mol. The number of benzene rings is 2. The molecule has 1 aliphatic heterocycles. The lowest BCUT2D eigenvalue weighted by atomic mass is 10.1. The van der Waals surface area contributed by atoms with Crippen LogP contribution in [0.15, 0.2) is 67.4 Å². The van der Waals surface area contributed by atoms with E-state index >= 15 is 0 Å². The number of rotatable bonds is 5. The van der Waals surface area contributed by atoms with E-state index in [0.29, 0.717) is 0 Å². The van der Waals surface area contributed by atoms with Crippen LogP contribution >= 0.6 is 0 Å². The Morgan fingerprint density at radius 1 is 1.14 bits per heavy atom. The quantitative estimate of drug-likeness (QED) is 0.524. The summed E-state index contributed by atoms with van der Waals surface area (Å²) in [4.78, 5) is 11.5. The molecule has 1 aliphatic rings. The van der Waals surface area contributed by atoms with Gasteiger partial charge >= 0.3 is 0 Å². The molecule has 1 N–H and O–H groups in total. The van der Waals surface area contributed by atoms with Gasteiger partial charge in [-0.2, -0.15) is 4.57 Å². The number of hydrogen-bond acceptors (Lipinski definition) is 2. The molecule has 0 aliphatic carbocycles. The Morgan fingerprint density at radius 3 is 2.69 bits per heavy atom. The topological polar surface area (TPSA) is 47.1 Å². The second kappa shape index (κ2) is 8.35. The molecule has 0 fully saturated rings. The van der Waals surface area contributed by atoms with Crippen LogP contribution in [0, 0.1) is 0 Å². The van der Waals surface area contributed by atoms with E-state index in [2.05, 4.69) is 45.4 Å². The highest BCUT2D eigenvalue weighted by atomic mass is 16.5. The number of hydrogen-bond donors (Lipinski definition) is 1. The van der Waals surface area contributed by atoms with Gasteiger partial charge in [0.2, 0.25) is 5.91 Å². The Morgan fingerprint density at radius 2 is 1.93 bits per heavy atom. The molecule has 5 heteroatoms. The summed E-state index contributed by atoms with van der Waals surface area (Å²) in [5, 5.41) is 2.80. The summed E-state index contributed by atoms with van der Waals surface area (Å²) in [5.74, 6) is 1.96. The maximum absolute atomic E-state index is 11.5. The van der Waals surface area contributed by atoms with E-state index in [4.69, 9.17) is 4.74 Å². The molecule has 148 valence electrons. The Hall–Kier alpha value is -3.34. The van der Waals surface area contributed by atoms with Crippen LogP contribution in [0.5, 0.6) is 5.75 Å². The van der Waals surface area contributed by atoms with Crippen LogP contribution < -0.4 is 14.6 Å². The minimum absolute atomic E-state index is 0.205. The maximum Gasteiger partial charge on any atom is 0.262 e. The number of ether oxygens (including phenoxy) is 1. The van der Waals surface area contributed by atoms with E-state index in [0.717, 1.165) is 35.7 Å². The minimum Gasteiger partial charge on any atom is -0.492 e.